The van der Waals surface area contributed by atoms with E-state index in [-0.39, 0.29) is 105 Å². The predicted octanol–water partition coefficient (Wildman–Crippen LogP) is 14.0. The van der Waals surface area contributed by atoms with Crippen molar-refractivity contribution < 1.29 is 53.1 Å². The molecule has 8 aromatic carbocycles. The number of phenols is 1. The standard InChI is InChI=1S/C26H26N2O3.C25H27IN2O2.C24H25IN2O2.C18H24N2O.C17H19NO3/c1-14-7-8-15-13-20-19-10-9-18(22(29)16-5-3-4-6-17(16)25(27)30)24-26(19,11-12-28(20)2)21(15)23(14)31-24;1-14-6-7-15-13-20-18-8-9-19(27-24(29)16-4-3-5-17(26)12-16)23-25(18,10-11-28(20)2)21(15)22(14)30-23;1-13-5-6-14-12-19-17-7-8-18(27-23(28)15-3-2-4-16(25)11-15)22-24(17,9-10-26-19)20(14)21(13)29-22;1-10-3-4-11-9-14-12-5-6-13(19)17-18(12,7-8-20(14)2)15(11)16(10)21-17;1-18-7-6-17-10-3-5-13(20)16(17)21-15-12(19)4-2-9(14(15)17)8-11(10)18/h3-10,18-20,24H,11-13H2,1-2H3,(H2,27,30);3-7,12,18-20,23H,8-11,13H2,1-2H3,(H,27,29);2-6,11,17-19,22,26H,7-10,12H2,1H3,(H,27,28);3-4,12-14,17H,5-9,19H2,1-2H3;2-5,10-11,13,16,19-20H,6-8H2,1H3/t18-,19?,20?,24?,26?;18?,19-,20?,23?,25?;17?,18-,19?,22?,24?;12?,13-,14?,17?,18?;10?,11?,13-,16?,17?/m01110/s1. The van der Waals surface area contributed by atoms with Crippen LogP contribution >= 0.6 is 45.2 Å². The zero-order chi connectivity index (χ0) is 90.6. The lowest BCUT2D eigenvalue weighted by molar-refractivity contribution is -0.0557. The largest absolute Gasteiger partial charge is 0.504 e. The van der Waals surface area contributed by atoms with Crippen molar-refractivity contribution in [2.24, 2.45) is 47.0 Å². The van der Waals surface area contributed by atoms with E-state index in [1.165, 1.54) is 98.3 Å². The number of primary amides is 1. The summed E-state index contributed by atoms with van der Waals surface area (Å²) in [5, 5.41) is 31.2. The van der Waals surface area contributed by atoms with Crippen LogP contribution in [0, 0.1) is 70.3 Å². The highest BCUT2D eigenvalue weighted by atomic mass is 127. The zero-order valence-electron chi connectivity index (χ0n) is 76.7. The fourth-order valence-electron chi connectivity index (χ4n) is 31.4. The Bertz CT molecular complexity index is 6230. The van der Waals surface area contributed by atoms with Crippen LogP contribution in [-0.4, -0.2) is 199 Å². The number of aryl methyl sites for hydroxylation is 4. The van der Waals surface area contributed by atoms with Crippen LogP contribution in [0.1, 0.15) is 190 Å². The first-order chi connectivity index (χ1) is 63.7. The second-order valence-corrected chi connectivity index (χ2v) is 45.3. The molecule has 25 atom stereocenters. The number of phenolic OH excluding ortho intramolecular Hbond substituents is 1. The smallest absolute Gasteiger partial charge is 0.251 e. The molecule has 0 radical (unpaired) electrons. The number of ketones is 1. The normalized spacial score (nSPS) is 36.3. The highest BCUT2D eigenvalue weighted by molar-refractivity contribution is 14.1. The molecule has 10 bridgehead atoms. The summed E-state index contributed by atoms with van der Waals surface area (Å²) in [7, 11) is 8.98. The molecule has 20 aliphatic rings. The fourth-order valence-corrected chi connectivity index (χ4v) is 32.5. The SMILES string of the molecule is CN1CCC23c4c5ccc(O)c4OC2[C@@H](O)C=CC3C1C5.Cc1ccc2c3c1OC1[C@H](C(=O)c4ccccc4C(N)=O)C=CC4C(C2)N(C)CCC341.Cc1ccc2c3c1OC1[C@H](N)CCC4C(C2)N(C)CCC341.Cc1ccc2c3c1OC1[C@H](NC(=O)c4cccc(I)c4)CCC4C(C2)N(C)CCC341.Cc1ccc2c3c1OC1[C@H](NC(=O)c4cccc(I)c4)CCC4C(C2)NCCC341. The summed E-state index contributed by atoms with van der Waals surface area (Å²) in [6.45, 7) is 13.9. The zero-order valence-corrected chi connectivity index (χ0v) is 81.0. The van der Waals surface area contributed by atoms with Crippen LogP contribution in [0.25, 0.3) is 0 Å². The number of likely N-dealkylation sites (tertiary alicyclic amines) is 4. The number of aliphatic hydroxyl groups excluding tert-OH is 1. The molecule has 28 rings (SSSR count). The summed E-state index contributed by atoms with van der Waals surface area (Å²) >= 11 is 4.52. The molecule has 20 unspecified atom stereocenters. The number of nitrogens with two attached hydrogens (primary N) is 2. The number of halogens is 2. The van der Waals surface area contributed by atoms with Crippen molar-refractivity contribution >= 4 is 68.7 Å². The Labute approximate surface area is 801 Å². The van der Waals surface area contributed by atoms with Gasteiger partial charge in [-0.2, -0.15) is 0 Å². The van der Waals surface area contributed by atoms with E-state index >= 15 is 0 Å². The summed E-state index contributed by atoms with van der Waals surface area (Å²) in [6.07, 6.45) is 25.0. The second-order valence-electron chi connectivity index (χ2n) is 42.9. The van der Waals surface area contributed by atoms with Crippen molar-refractivity contribution in [3.8, 4) is 34.5 Å². The Morgan fingerprint density at radius 3 is 1.36 bits per heavy atom. The van der Waals surface area contributed by atoms with Gasteiger partial charge in [0.1, 0.15) is 59.6 Å². The number of likely N-dealkylation sites (N-methyl/N-ethyl adjacent to an activating group) is 4. The number of amides is 3. The van der Waals surface area contributed by atoms with Gasteiger partial charge in [-0.05, 0) is 353 Å². The monoisotopic (exact) mass is 2000 g/mol. The summed E-state index contributed by atoms with van der Waals surface area (Å²) in [5.41, 5.74) is 33.1. The number of carbonyl (C=O) groups excluding carboxylic acids is 4. The molecule has 3 amide bonds. The van der Waals surface area contributed by atoms with E-state index < -0.39 is 17.9 Å². The number of aliphatic hydroxyl groups is 1. The molecule has 5 spiro atoms. The van der Waals surface area contributed by atoms with Crippen LogP contribution in [0.15, 0.2) is 158 Å². The van der Waals surface area contributed by atoms with Gasteiger partial charge in [0.25, 0.3) is 11.8 Å². The van der Waals surface area contributed by atoms with E-state index in [2.05, 4.69) is 197 Å². The van der Waals surface area contributed by atoms with Gasteiger partial charge in [-0.15, -0.1) is 0 Å². The molecule has 22 heteroatoms. The molecule has 0 aromatic heterocycles. The third-order valence-corrected chi connectivity index (χ3v) is 38.5. The Kier molecular flexibility index (Phi) is 20.7. The maximum Gasteiger partial charge on any atom is 0.251 e. The maximum absolute atomic E-state index is 13.8. The average Bonchev–Trinajstić information content (AvgIpc) is 1.50. The number of rotatable bonds is 7. The van der Waals surface area contributed by atoms with Crippen LogP contribution < -0.4 is 51.1 Å². The lowest BCUT2D eigenvalue weighted by Crippen LogP contribution is -2.68. The number of hydrogen-bond donors (Lipinski definition) is 7. The van der Waals surface area contributed by atoms with E-state index in [9.17, 15) is 29.4 Å². The first-order valence-corrected chi connectivity index (χ1v) is 51.0. The summed E-state index contributed by atoms with van der Waals surface area (Å²) < 4.78 is 35.0. The number of ether oxygens (including phenoxy) is 5. The summed E-state index contributed by atoms with van der Waals surface area (Å²) in [6, 6.07) is 47.3. The number of nitrogens with one attached hydrogen (secondary N) is 3. The molecule has 10 aliphatic heterocycles. The van der Waals surface area contributed by atoms with Crippen LogP contribution in [0.3, 0.4) is 0 Å². The van der Waals surface area contributed by atoms with E-state index in [0.717, 1.165) is 157 Å². The highest BCUT2D eigenvalue weighted by Gasteiger charge is 2.71. The molecule has 8 aromatic rings. The number of aromatic hydroxyl groups is 1. The number of Topliss-reactive ketones (excluding diaryl/α,β-unsaturated/α-hetero) is 1. The molecule has 10 aliphatic carbocycles. The third kappa shape index (κ3) is 12.3. The molecule has 8 fully saturated rings. The molecular weight excluding hydrogens is 1880 g/mol. The van der Waals surface area contributed by atoms with Gasteiger partial charge in [-0.3, -0.25) is 19.2 Å². The minimum absolute atomic E-state index is 0.0150. The van der Waals surface area contributed by atoms with Gasteiger partial charge >= 0.3 is 0 Å². The highest BCUT2D eigenvalue weighted by Crippen LogP contribution is 2.69. The Morgan fingerprint density at radius 2 is 0.841 bits per heavy atom. The lowest BCUT2D eigenvalue weighted by Gasteiger charge is -2.59. The predicted molar refractivity (Wildman–Crippen MR) is 523 cm³/mol. The van der Waals surface area contributed by atoms with Gasteiger partial charge in [-0.1, -0.05) is 109 Å². The molecule has 10 heterocycles. The maximum atomic E-state index is 13.8. The Hall–Kier alpha value is -8.70. The first kappa shape index (κ1) is 86.2. The molecule has 3 saturated carbocycles. The minimum atomic E-state index is -0.594. The molecule has 132 heavy (non-hydrogen) atoms. The number of benzene rings is 8. The molecule has 5 saturated heterocycles. The van der Waals surface area contributed by atoms with Gasteiger partial charge in [0, 0.05) is 132 Å². The van der Waals surface area contributed by atoms with Crippen molar-refractivity contribution in [1.29, 1.82) is 0 Å². The van der Waals surface area contributed by atoms with Gasteiger partial charge < -0.3 is 80.9 Å². The van der Waals surface area contributed by atoms with Gasteiger partial charge in [-0.25, -0.2) is 0 Å². The van der Waals surface area contributed by atoms with E-state index in [0.29, 0.717) is 65.2 Å². The second kappa shape index (κ2) is 31.7. The van der Waals surface area contributed by atoms with Crippen molar-refractivity contribution in [2.75, 3.05) is 60.9 Å². The van der Waals surface area contributed by atoms with Gasteiger partial charge in [0.15, 0.2) is 17.3 Å². The fraction of sp³-hybridized carbons (Fsp3) is 0.491. The molecular formula is C110H121I2N9O11. The summed E-state index contributed by atoms with van der Waals surface area (Å²) in [4.78, 5) is 62.0. The lowest BCUT2D eigenvalue weighted by atomic mass is 9.51. The number of hydrogen-bond acceptors (Lipinski definition) is 17. The number of nitrogens with zero attached hydrogens (tertiary/aromatic N) is 4. The van der Waals surface area contributed by atoms with Crippen LogP contribution in [0.5, 0.6) is 34.5 Å². The molecule has 20 nitrogen and oxygen atoms in total. The quantitative estimate of drug-likeness (QED) is 0.0445. The minimum Gasteiger partial charge on any atom is -0.504 e. The van der Waals surface area contributed by atoms with Crippen LogP contribution in [0.2, 0.25) is 0 Å². The Morgan fingerprint density at radius 1 is 0.432 bits per heavy atom. The topological polar surface area (TPSA) is 256 Å². The third-order valence-electron chi connectivity index (χ3n) is 37.1. The first-order valence-electron chi connectivity index (χ1n) is 48.9. The molecule has 9 N–H and O–H groups in total. The van der Waals surface area contributed by atoms with E-state index in [1.807, 2.05) is 66.7 Å². The van der Waals surface area contributed by atoms with E-state index in [4.69, 9.17) is 35.2 Å². The van der Waals surface area contributed by atoms with Crippen molar-refractivity contribution in [3.63, 3.8) is 0 Å². The number of piperidine rings is 5. The van der Waals surface area contributed by atoms with Crippen LogP contribution in [-0.2, 0) is 59.2 Å². The Balaban J connectivity index is 0.0000000918. The molecule has 686 valence electrons. The van der Waals surface area contributed by atoms with Gasteiger partial charge in [0.2, 0.25) is 5.91 Å². The summed E-state index contributed by atoms with van der Waals surface area (Å²) in [5.74, 6) is 6.75. The average molecular weight is 2000 g/mol. The number of carbonyl (C=O) groups is 4. The van der Waals surface area contributed by atoms with E-state index in [1.54, 1.807) is 35.9 Å². The van der Waals surface area contributed by atoms with Crippen LogP contribution in [0.4, 0.5) is 0 Å². The van der Waals surface area contributed by atoms with Crippen molar-refractivity contribution in [3.05, 3.63) is 265 Å². The van der Waals surface area contributed by atoms with Gasteiger partial charge in [0.05, 0.1) is 18.0 Å². The van der Waals surface area contributed by atoms with Crippen molar-refractivity contribution in [2.45, 2.75) is 242 Å². The van der Waals surface area contributed by atoms with Crippen molar-refractivity contribution in [1.82, 2.24) is 35.6 Å².